The fourth-order valence-corrected chi connectivity index (χ4v) is 4.12. The lowest BCUT2D eigenvalue weighted by Gasteiger charge is -2.15. The molecular weight excluding hydrogens is 258 g/mol. The molecule has 102 valence electrons. The molecule has 0 bridgehead atoms. The lowest BCUT2D eigenvalue weighted by atomic mass is 10.0. The van der Waals surface area contributed by atoms with Crippen LogP contribution in [0.25, 0.3) is 0 Å². The molecule has 2 rings (SSSR count). The zero-order chi connectivity index (χ0) is 13.4. The second kappa shape index (κ2) is 4.42. The highest BCUT2D eigenvalue weighted by atomic mass is 32.2. The van der Waals surface area contributed by atoms with E-state index in [4.69, 9.17) is 10.9 Å². The number of carbonyl (C=O) groups excluding carboxylic acids is 1. The number of oxime groups is 1. The molecule has 2 aliphatic rings. The predicted molar refractivity (Wildman–Crippen MR) is 64.8 cm³/mol. The van der Waals surface area contributed by atoms with Crippen LogP contribution in [-0.2, 0) is 14.6 Å². The van der Waals surface area contributed by atoms with Gasteiger partial charge in [-0.15, -0.1) is 0 Å². The quantitative estimate of drug-likeness (QED) is 0.265. The fraction of sp³-hybridized carbons (Fsp3) is 0.800. The van der Waals surface area contributed by atoms with Crippen molar-refractivity contribution in [2.24, 2.45) is 22.2 Å². The maximum absolute atomic E-state index is 11.9. The third-order valence-electron chi connectivity index (χ3n) is 3.66. The van der Waals surface area contributed by atoms with Gasteiger partial charge in [0.2, 0.25) is 5.91 Å². The van der Waals surface area contributed by atoms with Crippen LogP contribution in [0.15, 0.2) is 5.16 Å². The molecule has 2 fully saturated rings. The van der Waals surface area contributed by atoms with Gasteiger partial charge in [-0.2, -0.15) is 0 Å². The van der Waals surface area contributed by atoms with Gasteiger partial charge < -0.3 is 16.3 Å². The maximum Gasteiger partial charge on any atom is 0.233 e. The summed E-state index contributed by atoms with van der Waals surface area (Å²) in [7, 11) is -2.92. The lowest BCUT2D eigenvalue weighted by Crippen LogP contribution is -2.42. The van der Waals surface area contributed by atoms with Crippen LogP contribution in [0.3, 0.4) is 0 Å². The Bertz CT molecular complexity index is 481. The van der Waals surface area contributed by atoms with Crippen LogP contribution in [0.4, 0.5) is 0 Å². The predicted octanol–water partition coefficient (Wildman–Crippen LogP) is -0.936. The van der Waals surface area contributed by atoms with Crippen LogP contribution in [0.5, 0.6) is 0 Å². The second-order valence-corrected chi connectivity index (χ2v) is 7.28. The van der Waals surface area contributed by atoms with Gasteiger partial charge in [0.1, 0.15) is 5.41 Å². The Morgan fingerprint density at radius 2 is 2.17 bits per heavy atom. The molecule has 4 N–H and O–H groups in total. The third-order valence-corrected chi connectivity index (χ3v) is 5.50. The minimum Gasteiger partial charge on any atom is -0.409 e. The molecule has 1 saturated heterocycles. The number of hydrogen-bond acceptors (Lipinski definition) is 5. The molecule has 1 amide bonds. The van der Waals surface area contributed by atoms with Crippen molar-refractivity contribution in [2.45, 2.75) is 19.3 Å². The van der Waals surface area contributed by atoms with Crippen molar-refractivity contribution in [3.05, 3.63) is 0 Å². The van der Waals surface area contributed by atoms with Crippen LogP contribution < -0.4 is 11.1 Å². The SMILES string of the molecule is NC(=NO)C1(C(=O)NCC2CCS(=O)(=O)C2)CC1. The molecule has 1 saturated carbocycles. The Hall–Kier alpha value is -1.31. The normalized spacial score (nSPS) is 28.9. The molecule has 0 spiro atoms. The topological polar surface area (TPSA) is 122 Å². The van der Waals surface area contributed by atoms with Crippen molar-refractivity contribution in [1.29, 1.82) is 0 Å². The summed E-state index contributed by atoms with van der Waals surface area (Å²) in [6.07, 6.45) is 1.72. The molecule has 1 aliphatic carbocycles. The molecule has 1 aliphatic heterocycles. The summed E-state index contributed by atoms with van der Waals surface area (Å²) in [5.74, 6) is -0.0499. The van der Waals surface area contributed by atoms with Crippen molar-refractivity contribution in [3.63, 3.8) is 0 Å². The van der Waals surface area contributed by atoms with Gasteiger partial charge in [-0.3, -0.25) is 4.79 Å². The number of rotatable bonds is 4. The van der Waals surface area contributed by atoms with Crippen molar-refractivity contribution >= 4 is 21.6 Å². The molecule has 7 nitrogen and oxygen atoms in total. The Morgan fingerprint density at radius 3 is 2.61 bits per heavy atom. The number of nitrogens with two attached hydrogens (primary N) is 1. The number of sulfone groups is 1. The fourth-order valence-electron chi connectivity index (χ4n) is 2.26. The van der Waals surface area contributed by atoms with Crippen molar-refractivity contribution in [2.75, 3.05) is 18.1 Å². The third kappa shape index (κ3) is 2.43. The number of carbonyl (C=O) groups is 1. The number of amidine groups is 1. The summed E-state index contributed by atoms with van der Waals surface area (Å²) in [6.45, 7) is 0.332. The van der Waals surface area contributed by atoms with E-state index in [1.54, 1.807) is 0 Å². The number of nitrogens with one attached hydrogen (secondary N) is 1. The minimum atomic E-state index is -2.92. The molecule has 8 heteroatoms. The molecule has 0 aromatic heterocycles. The first-order valence-corrected chi connectivity index (χ1v) is 7.68. The van der Waals surface area contributed by atoms with Crippen LogP contribution in [-0.4, -0.2) is 43.4 Å². The van der Waals surface area contributed by atoms with Gasteiger partial charge in [-0.05, 0) is 25.2 Å². The van der Waals surface area contributed by atoms with E-state index in [0.717, 1.165) is 0 Å². The number of hydrogen-bond donors (Lipinski definition) is 3. The van der Waals surface area contributed by atoms with E-state index in [2.05, 4.69) is 10.5 Å². The van der Waals surface area contributed by atoms with Crippen LogP contribution in [0.2, 0.25) is 0 Å². The van der Waals surface area contributed by atoms with E-state index >= 15 is 0 Å². The molecule has 0 aromatic carbocycles. The summed E-state index contributed by atoms with van der Waals surface area (Å²) >= 11 is 0. The van der Waals surface area contributed by atoms with E-state index in [-0.39, 0.29) is 29.2 Å². The first kappa shape index (κ1) is 13.1. The zero-order valence-electron chi connectivity index (χ0n) is 9.92. The smallest absolute Gasteiger partial charge is 0.233 e. The molecule has 1 unspecified atom stereocenters. The number of nitrogens with zero attached hydrogens (tertiary/aromatic N) is 1. The summed E-state index contributed by atoms with van der Waals surface area (Å²) in [4.78, 5) is 11.9. The largest absolute Gasteiger partial charge is 0.409 e. The minimum absolute atomic E-state index is 0.0259. The average molecular weight is 275 g/mol. The summed E-state index contributed by atoms with van der Waals surface area (Å²) in [5.41, 5.74) is 4.62. The van der Waals surface area contributed by atoms with E-state index in [0.29, 0.717) is 25.8 Å². The monoisotopic (exact) mass is 275 g/mol. The van der Waals surface area contributed by atoms with Gasteiger partial charge in [-0.1, -0.05) is 5.16 Å². The second-order valence-electron chi connectivity index (χ2n) is 5.05. The van der Waals surface area contributed by atoms with Gasteiger partial charge in [-0.25, -0.2) is 8.42 Å². The average Bonchev–Trinajstić information content (AvgIpc) is 3.06. The highest BCUT2D eigenvalue weighted by Gasteiger charge is 2.54. The van der Waals surface area contributed by atoms with Gasteiger partial charge in [0.25, 0.3) is 0 Å². The van der Waals surface area contributed by atoms with Crippen molar-refractivity contribution in [3.8, 4) is 0 Å². The van der Waals surface area contributed by atoms with Gasteiger partial charge in [0.15, 0.2) is 15.7 Å². The van der Waals surface area contributed by atoms with Crippen LogP contribution in [0, 0.1) is 11.3 Å². The van der Waals surface area contributed by atoms with Gasteiger partial charge in [0, 0.05) is 6.54 Å². The lowest BCUT2D eigenvalue weighted by molar-refractivity contribution is -0.124. The van der Waals surface area contributed by atoms with E-state index < -0.39 is 15.3 Å². The Morgan fingerprint density at radius 1 is 1.50 bits per heavy atom. The first-order chi connectivity index (χ1) is 8.39. The molecule has 0 aromatic rings. The summed E-state index contributed by atoms with van der Waals surface area (Å²) in [5, 5.41) is 14.2. The molecule has 0 radical (unpaired) electrons. The van der Waals surface area contributed by atoms with Gasteiger partial charge >= 0.3 is 0 Å². The Kier molecular flexibility index (Phi) is 3.22. The van der Waals surface area contributed by atoms with Crippen molar-refractivity contribution < 1.29 is 18.4 Å². The first-order valence-electron chi connectivity index (χ1n) is 5.86. The van der Waals surface area contributed by atoms with Crippen molar-refractivity contribution in [1.82, 2.24) is 5.32 Å². The van der Waals surface area contributed by atoms with Crippen LogP contribution in [0.1, 0.15) is 19.3 Å². The Balaban J connectivity index is 1.87. The van der Waals surface area contributed by atoms with Gasteiger partial charge in [0.05, 0.1) is 11.5 Å². The van der Waals surface area contributed by atoms with E-state index in [9.17, 15) is 13.2 Å². The van der Waals surface area contributed by atoms with Crippen LogP contribution >= 0.6 is 0 Å². The highest BCUT2D eigenvalue weighted by molar-refractivity contribution is 7.91. The summed E-state index contributed by atoms with van der Waals surface area (Å²) < 4.78 is 22.5. The molecule has 18 heavy (non-hydrogen) atoms. The molecular formula is C10H17N3O4S. The number of amides is 1. The standard InChI is InChI=1S/C10H17N3O4S/c11-8(13-15)10(2-3-10)9(14)12-5-7-1-4-18(16,17)6-7/h7,15H,1-6H2,(H2,11,13)(H,12,14). The molecule has 1 heterocycles. The maximum atomic E-state index is 11.9. The van der Waals surface area contributed by atoms with E-state index in [1.165, 1.54) is 0 Å². The molecule has 1 atom stereocenters. The Labute approximate surface area is 105 Å². The zero-order valence-corrected chi connectivity index (χ0v) is 10.7. The van der Waals surface area contributed by atoms with E-state index in [1.807, 2.05) is 0 Å². The summed E-state index contributed by atoms with van der Waals surface area (Å²) in [6, 6.07) is 0. The highest BCUT2D eigenvalue weighted by Crippen LogP contribution is 2.46.